The van der Waals surface area contributed by atoms with Crippen LogP contribution in [0.3, 0.4) is 0 Å². The maximum atomic E-state index is 13.4. The topological polar surface area (TPSA) is 54.0 Å². The van der Waals surface area contributed by atoms with E-state index in [-0.39, 0.29) is 11.9 Å². The van der Waals surface area contributed by atoms with Gasteiger partial charge in [0.15, 0.2) is 0 Å². The summed E-state index contributed by atoms with van der Waals surface area (Å²) < 4.78 is 11.0. The maximum absolute atomic E-state index is 13.4. The molecule has 0 saturated carbocycles. The lowest BCUT2D eigenvalue weighted by Gasteiger charge is -2.39. The van der Waals surface area contributed by atoms with Gasteiger partial charge in [-0.1, -0.05) is 0 Å². The predicted molar refractivity (Wildman–Crippen MR) is 97.1 cm³/mol. The summed E-state index contributed by atoms with van der Waals surface area (Å²) in [7, 11) is 3.30. The molecule has 1 amide bonds. The fourth-order valence-electron chi connectivity index (χ4n) is 3.85. The number of hydrogen-bond donors (Lipinski definition) is 1. The molecule has 0 spiro atoms. The number of benzene rings is 1. The number of piperazine rings is 1. The number of methoxy groups -OCH3 is 2. The summed E-state index contributed by atoms with van der Waals surface area (Å²) in [6.07, 6.45) is 2.18. The maximum Gasteiger partial charge on any atom is 0.244 e. The van der Waals surface area contributed by atoms with E-state index in [1.54, 1.807) is 14.2 Å². The van der Waals surface area contributed by atoms with Gasteiger partial charge in [-0.05, 0) is 38.0 Å². The van der Waals surface area contributed by atoms with Crippen molar-refractivity contribution in [1.82, 2.24) is 15.1 Å². The third-order valence-corrected chi connectivity index (χ3v) is 5.15. The molecule has 6 heteroatoms. The van der Waals surface area contributed by atoms with Crippen LogP contribution in [0.2, 0.25) is 0 Å². The van der Waals surface area contributed by atoms with Crippen LogP contribution in [-0.2, 0) is 4.79 Å². The fraction of sp³-hybridized carbons (Fsp3) is 0.632. The second-order valence-corrected chi connectivity index (χ2v) is 6.89. The van der Waals surface area contributed by atoms with Gasteiger partial charge in [-0.3, -0.25) is 9.69 Å². The molecule has 0 aromatic heterocycles. The molecular weight excluding hydrogens is 318 g/mol. The van der Waals surface area contributed by atoms with Gasteiger partial charge in [0, 0.05) is 44.3 Å². The minimum atomic E-state index is -0.326. The second-order valence-electron chi connectivity index (χ2n) is 6.89. The van der Waals surface area contributed by atoms with E-state index in [1.165, 1.54) is 0 Å². The van der Waals surface area contributed by atoms with Gasteiger partial charge in [0.25, 0.3) is 0 Å². The fourth-order valence-corrected chi connectivity index (χ4v) is 3.85. The molecule has 2 fully saturated rings. The van der Waals surface area contributed by atoms with E-state index < -0.39 is 0 Å². The van der Waals surface area contributed by atoms with E-state index >= 15 is 0 Å². The van der Waals surface area contributed by atoms with E-state index in [2.05, 4.69) is 17.1 Å². The molecule has 2 aliphatic heterocycles. The lowest BCUT2D eigenvalue weighted by Crippen LogP contribution is -2.53. The Labute approximate surface area is 150 Å². The zero-order valence-corrected chi connectivity index (χ0v) is 15.5. The first-order valence-electron chi connectivity index (χ1n) is 9.12. The number of likely N-dealkylation sites (tertiary alicyclic amines) is 1. The Hall–Kier alpha value is -1.79. The first-order valence-corrected chi connectivity index (χ1v) is 9.12. The molecular formula is C19H29N3O3. The average molecular weight is 347 g/mol. The summed E-state index contributed by atoms with van der Waals surface area (Å²) in [6, 6.07) is 5.75. The number of carbonyl (C=O) groups is 1. The van der Waals surface area contributed by atoms with Gasteiger partial charge in [0.2, 0.25) is 5.91 Å². The van der Waals surface area contributed by atoms with Gasteiger partial charge < -0.3 is 19.7 Å². The average Bonchev–Trinajstić information content (AvgIpc) is 3.16. The molecule has 138 valence electrons. The van der Waals surface area contributed by atoms with Crippen molar-refractivity contribution in [2.75, 3.05) is 46.9 Å². The highest BCUT2D eigenvalue weighted by Gasteiger charge is 2.36. The van der Waals surface area contributed by atoms with Gasteiger partial charge in [-0.15, -0.1) is 0 Å². The standard InChI is InChI=1S/C19H29N3O3/c1-14-13-22(11-8-20-14)18(19(23)21-9-4-5-10-21)16-12-15(24-2)6-7-17(16)25-3/h6-7,12,14,18,20H,4-5,8-11,13H2,1-3H3. The van der Waals surface area contributed by atoms with Gasteiger partial charge in [0.05, 0.1) is 14.2 Å². The Morgan fingerprint density at radius 1 is 1.20 bits per heavy atom. The van der Waals surface area contributed by atoms with E-state index in [4.69, 9.17) is 9.47 Å². The van der Waals surface area contributed by atoms with Crippen LogP contribution in [0.1, 0.15) is 31.4 Å². The van der Waals surface area contributed by atoms with Crippen LogP contribution >= 0.6 is 0 Å². The molecule has 1 N–H and O–H groups in total. The smallest absolute Gasteiger partial charge is 0.244 e. The number of ether oxygens (including phenoxy) is 2. The van der Waals surface area contributed by atoms with Gasteiger partial charge in [-0.25, -0.2) is 0 Å². The minimum Gasteiger partial charge on any atom is -0.497 e. The molecule has 2 atom stereocenters. The molecule has 2 aliphatic rings. The summed E-state index contributed by atoms with van der Waals surface area (Å²) in [5, 5.41) is 3.46. The number of amides is 1. The van der Waals surface area contributed by atoms with Crippen molar-refractivity contribution in [3.8, 4) is 11.5 Å². The Balaban J connectivity index is 1.99. The molecule has 0 radical (unpaired) electrons. The first-order chi connectivity index (χ1) is 12.1. The molecule has 0 bridgehead atoms. The van der Waals surface area contributed by atoms with Crippen LogP contribution in [0, 0.1) is 0 Å². The molecule has 1 aromatic rings. The normalized spacial score (nSPS) is 22.7. The van der Waals surface area contributed by atoms with Crippen molar-refractivity contribution in [2.24, 2.45) is 0 Å². The van der Waals surface area contributed by atoms with E-state index in [1.807, 2.05) is 23.1 Å². The van der Waals surface area contributed by atoms with Gasteiger partial charge >= 0.3 is 0 Å². The Morgan fingerprint density at radius 2 is 1.96 bits per heavy atom. The minimum absolute atomic E-state index is 0.179. The second kappa shape index (κ2) is 8.06. The van der Waals surface area contributed by atoms with Crippen LogP contribution < -0.4 is 14.8 Å². The van der Waals surface area contributed by atoms with Crippen molar-refractivity contribution in [2.45, 2.75) is 31.8 Å². The molecule has 0 aliphatic carbocycles. The van der Waals surface area contributed by atoms with Gasteiger partial charge in [0.1, 0.15) is 17.5 Å². The number of hydrogen-bond acceptors (Lipinski definition) is 5. The Kier molecular flexibility index (Phi) is 5.81. The summed E-state index contributed by atoms with van der Waals surface area (Å²) in [6.45, 7) is 6.43. The van der Waals surface area contributed by atoms with Crippen LogP contribution in [-0.4, -0.2) is 68.7 Å². The molecule has 2 heterocycles. The lowest BCUT2D eigenvalue weighted by atomic mass is 10.00. The molecule has 25 heavy (non-hydrogen) atoms. The summed E-state index contributed by atoms with van der Waals surface area (Å²) in [5.74, 6) is 1.67. The molecule has 6 nitrogen and oxygen atoms in total. The van der Waals surface area contributed by atoms with E-state index in [0.29, 0.717) is 6.04 Å². The van der Waals surface area contributed by atoms with Crippen LogP contribution in [0.5, 0.6) is 11.5 Å². The summed E-state index contributed by atoms with van der Waals surface area (Å²) >= 11 is 0. The summed E-state index contributed by atoms with van der Waals surface area (Å²) in [5.41, 5.74) is 0.896. The lowest BCUT2D eigenvalue weighted by molar-refractivity contribution is -0.136. The van der Waals surface area contributed by atoms with E-state index in [9.17, 15) is 4.79 Å². The Bertz CT molecular complexity index is 602. The van der Waals surface area contributed by atoms with Crippen LogP contribution in [0.25, 0.3) is 0 Å². The monoisotopic (exact) mass is 347 g/mol. The van der Waals surface area contributed by atoms with Crippen molar-refractivity contribution >= 4 is 5.91 Å². The van der Waals surface area contributed by atoms with Gasteiger partial charge in [-0.2, -0.15) is 0 Å². The zero-order chi connectivity index (χ0) is 17.8. The molecule has 3 rings (SSSR count). The zero-order valence-electron chi connectivity index (χ0n) is 15.5. The van der Waals surface area contributed by atoms with E-state index in [0.717, 1.165) is 62.6 Å². The Morgan fingerprint density at radius 3 is 2.60 bits per heavy atom. The van der Waals surface area contributed by atoms with Crippen molar-refractivity contribution in [3.05, 3.63) is 23.8 Å². The molecule has 1 aromatic carbocycles. The largest absolute Gasteiger partial charge is 0.497 e. The predicted octanol–water partition coefficient (Wildman–Crippen LogP) is 1.66. The highest BCUT2D eigenvalue weighted by atomic mass is 16.5. The SMILES string of the molecule is COc1ccc(OC)c(C(C(=O)N2CCCC2)N2CCNC(C)C2)c1. The third-order valence-electron chi connectivity index (χ3n) is 5.15. The quantitative estimate of drug-likeness (QED) is 0.878. The van der Waals surface area contributed by atoms with Crippen LogP contribution in [0.15, 0.2) is 18.2 Å². The number of nitrogens with zero attached hydrogens (tertiary/aromatic N) is 2. The number of carbonyl (C=O) groups excluding carboxylic acids is 1. The highest BCUT2D eigenvalue weighted by molar-refractivity contribution is 5.84. The van der Waals surface area contributed by atoms with Crippen molar-refractivity contribution in [3.63, 3.8) is 0 Å². The van der Waals surface area contributed by atoms with Crippen molar-refractivity contribution in [1.29, 1.82) is 0 Å². The number of nitrogens with one attached hydrogen (secondary N) is 1. The molecule has 2 unspecified atom stereocenters. The molecule has 2 saturated heterocycles. The first kappa shape index (κ1) is 18.0. The third kappa shape index (κ3) is 3.90. The van der Waals surface area contributed by atoms with Crippen molar-refractivity contribution < 1.29 is 14.3 Å². The summed E-state index contributed by atoms with van der Waals surface area (Å²) in [4.78, 5) is 17.7. The highest BCUT2D eigenvalue weighted by Crippen LogP contribution is 2.35. The number of rotatable bonds is 5. The van der Waals surface area contributed by atoms with Crippen LogP contribution in [0.4, 0.5) is 0 Å².